The summed E-state index contributed by atoms with van der Waals surface area (Å²) in [5, 5.41) is 1.14. The number of imidazole rings is 1. The fourth-order valence-electron chi connectivity index (χ4n) is 6.72. The molecule has 2 aromatic heterocycles. The second-order valence-corrected chi connectivity index (χ2v) is 11.7. The van der Waals surface area contributed by atoms with Crippen LogP contribution in [0.3, 0.4) is 0 Å². The van der Waals surface area contributed by atoms with Crippen LogP contribution >= 0.6 is 0 Å². The van der Waals surface area contributed by atoms with Gasteiger partial charge >= 0.3 is 0 Å². The van der Waals surface area contributed by atoms with E-state index in [0.717, 1.165) is 71.9 Å². The highest BCUT2D eigenvalue weighted by Crippen LogP contribution is 2.30. The molecule has 0 atom stereocenters. The number of unbranched alkanes of at least 4 members (excludes halogenated alkanes) is 1. The average Bonchev–Trinajstić information content (AvgIpc) is 3.30. The molecule has 200 valence electrons. The fraction of sp³-hybridized carbons (Fsp3) is 0.625. The molecule has 37 heavy (non-hydrogen) atoms. The van der Waals surface area contributed by atoms with Crippen molar-refractivity contribution in [2.75, 3.05) is 25.4 Å². The Morgan fingerprint density at radius 2 is 1.59 bits per heavy atom. The first-order chi connectivity index (χ1) is 18.2. The zero-order valence-corrected chi connectivity index (χ0v) is 23.0. The van der Waals surface area contributed by atoms with Gasteiger partial charge in [-0.15, -0.1) is 0 Å². The predicted octanol–water partition coefficient (Wildman–Crippen LogP) is 7.53. The largest absolute Gasteiger partial charge is 0.382 e. The van der Waals surface area contributed by atoms with Crippen LogP contribution in [0.5, 0.6) is 0 Å². The third kappa shape index (κ3) is 6.54. The summed E-state index contributed by atoms with van der Waals surface area (Å²) < 4.78 is 2.40. The highest BCUT2D eigenvalue weighted by Gasteiger charge is 2.21. The maximum Gasteiger partial charge on any atom is 0.152 e. The number of rotatable bonds is 11. The molecule has 0 aliphatic heterocycles. The Kier molecular flexibility index (Phi) is 9.14. The summed E-state index contributed by atoms with van der Waals surface area (Å²) in [5.41, 5.74) is 9.34. The summed E-state index contributed by atoms with van der Waals surface area (Å²) in [5.74, 6) is 3.46. The average molecular weight is 502 g/mol. The summed E-state index contributed by atoms with van der Waals surface area (Å²) in [7, 11) is 0. The summed E-state index contributed by atoms with van der Waals surface area (Å²) in [6.45, 7) is 6.70. The molecule has 2 aliphatic rings. The maximum absolute atomic E-state index is 6.39. The van der Waals surface area contributed by atoms with Crippen LogP contribution in [0.1, 0.15) is 89.8 Å². The smallest absolute Gasteiger partial charge is 0.152 e. The molecule has 3 aromatic rings. The lowest BCUT2D eigenvalue weighted by Gasteiger charge is -2.33. The van der Waals surface area contributed by atoms with E-state index in [9.17, 15) is 0 Å². The van der Waals surface area contributed by atoms with Crippen LogP contribution in [0.2, 0.25) is 0 Å². The van der Waals surface area contributed by atoms with Crippen molar-refractivity contribution in [2.45, 2.75) is 96.9 Å². The predicted molar refractivity (Wildman–Crippen MR) is 157 cm³/mol. The number of benzene rings is 1. The monoisotopic (exact) mass is 501 g/mol. The zero-order chi connectivity index (χ0) is 25.5. The third-order valence-corrected chi connectivity index (χ3v) is 8.74. The van der Waals surface area contributed by atoms with Gasteiger partial charge in [0.2, 0.25) is 0 Å². The number of anilines is 1. The van der Waals surface area contributed by atoms with E-state index in [1.807, 2.05) is 6.07 Å². The van der Waals surface area contributed by atoms with Crippen molar-refractivity contribution in [3.8, 4) is 0 Å². The Bertz CT molecular complexity index is 1150. The Balaban J connectivity index is 1.35. The Morgan fingerprint density at radius 3 is 2.27 bits per heavy atom. The molecule has 2 heterocycles. The topological polar surface area (TPSA) is 60.0 Å². The summed E-state index contributed by atoms with van der Waals surface area (Å²) in [4.78, 5) is 12.4. The van der Waals surface area contributed by atoms with E-state index in [-0.39, 0.29) is 0 Å². The van der Waals surface area contributed by atoms with Crippen molar-refractivity contribution in [3.63, 3.8) is 0 Å². The van der Waals surface area contributed by atoms with Crippen molar-refractivity contribution < 1.29 is 0 Å². The van der Waals surface area contributed by atoms with E-state index in [0.29, 0.717) is 5.82 Å². The van der Waals surface area contributed by atoms with Crippen molar-refractivity contribution in [1.29, 1.82) is 0 Å². The van der Waals surface area contributed by atoms with Crippen molar-refractivity contribution in [3.05, 3.63) is 42.2 Å². The molecular formula is C32H47N5. The van der Waals surface area contributed by atoms with E-state index in [2.05, 4.69) is 51.7 Å². The van der Waals surface area contributed by atoms with E-state index in [1.165, 1.54) is 77.3 Å². The first kappa shape index (κ1) is 26.2. The highest BCUT2D eigenvalue weighted by molar-refractivity contribution is 6.06. The number of para-hydroxylation sites is 1. The molecule has 0 spiro atoms. The molecule has 0 radical (unpaired) electrons. The van der Waals surface area contributed by atoms with Crippen LogP contribution < -0.4 is 5.73 Å². The quantitative estimate of drug-likeness (QED) is 0.276. The first-order valence-corrected chi connectivity index (χ1v) is 15.1. The van der Waals surface area contributed by atoms with Crippen LogP contribution in [0.15, 0.2) is 36.4 Å². The molecular weight excluding hydrogens is 454 g/mol. The molecule has 2 aliphatic carbocycles. The first-order valence-electron chi connectivity index (χ1n) is 15.1. The Morgan fingerprint density at radius 1 is 0.919 bits per heavy atom. The Labute approximate surface area is 223 Å². The molecule has 0 saturated heterocycles. The lowest BCUT2D eigenvalue weighted by molar-refractivity contribution is 0.173. The van der Waals surface area contributed by atoms with Crippen molar-refractivity contribution in [1.82, 2.24) is 19.4 Å². The zero-order valence-electron chi connectivity index (χ0n) is 23.0. The van der Waals surface area contributed by atoms with Gasteiger partial charge in [0.15, 0.2) is 5.82 Å². The minimum absolute atomic E-state index is 0.542. The summed E-state index contributed by atoms with van der Waals surface area (Å²) >= 11 is 0. The van der Waals surface area contributed by atoms with E-state index in [1.54, 1.807) is 0 Å². The highest BCUT2D eigenvalue weighted by atomic mass is 15.1. The van der Waals surface area contributed by atoms with Crippen LogP contribution in [-0.2, 0) is 13.0 Å². The molecule has 1 aromatic carbocycles. The van der Waals surface area contributed by atoms with Crippen LogP contribution in [0.25, 0.3) is 21.9 Å². The minimum Gasteiger partial charge on any atom is -0.382 e. The lowest BCUT2D eigenvalue weighted by atomic mass is 9.87. The number of aromatic nitrogens is 3. The van der Waals surface area contributed by atoms with E-state index < -0.39 is 0 Å². The van der Waals surface area contributed by atoms with Crippen molar-refractivity contribution in [2.24, 2.45) is 11.8 Å². The number of nitrogens with two attached hydrogens (primary N) is 1. The van der Waals surface area contributed by atoms with Gasteiger partial charge in [-0.2, -0.15) is 0 Å². The number of pyridine rings is 1. The second kappa shape index (κ2) is 12.9. The third-order valence-electron chi connectivity index (χ3n) is 8.74. The molecule has 5 heteroatoms. The van der Waals surface area contributed by atoms with Gasteiger partial charge in [0.05, 0.1) is 11.0 Å². The van der Waals surface area contributed by atoms with Crippen LogP contribution in [-0.4, -0.2) is 39.1 Å². The van der Waals surface area contributed by atoms with Gasteiger partial charge in [-0.25, -0.2) is 9.97 Å². The second-order valence-electron chi connectivity index (χ2n) is 11.7. The number of hydrogen-bond acceptors (Lipinski definition) is 4. The normalized spacial score (nSPS) is 18.1. The van der Waals surface area contributed by atoms with Gasteiger partial charge in [-0.05, 0) is 50.0 Å². The molecule has 2 fully saturated rings. The van der Waals surface area contributed by atoms with Gasteiger partial charge in [0.25, 0.3) is 0 Å². The van der Waals surface area contributed by atoms with Gasteiger partial charge in [0, 0.05) is 38.0 Å². The summed E-state index contributed by atoms with van der Waals surface area (Å²) in [6, 6.07) is 8.34. The van der Waals surface area contributed by atoms with Gasteiger partial charge in [-0.1, -0.05) is 82.2 Å². The lowest BCUT2D eigenvalue weighted by Crippen LogP contribution is -2.35. The minimum atomic E-state index is 0.542. The van der Waals surface area contributed by atoms with E-state index >= 15 is 0 Å². The molecule has 0 unspecified atom stereocenters. The molecule has 5 nitrogen and oxygen atoms in total. The Hall–Kier alpha value is -2.40. The molecule has 5 rings (SSSR count). The molecule has 0 bridgehead atoms. The number of hydrogen-bond donors (Lipinski definition) is 1. The SMILES string of the molecule is CCCCc1nc2c(N)nc3ccccc3c2n1C/C=C/CN(CC1CCCCC1)CC1CCCCC1. The van der Waals surface area contributed by atoms with Gasteiger partial charge in [-0.3, -0.25) is 4.90 Å². The molecule has 2 N–H and O–H groups in total. The summed E-state index contributed by atoms with van der Waals surface area (Å²) in [6.07, 6.45) is 22.4. The number of aryl methyl sites for hydroxylation is 1. The number of nitrogens with zero attached hydrogens (tertiary/aromatic N) is 4. The number of nitrogen functional groups attached to an aromatic ring is 1. The standard InChI is InChI=1S/C32H47N5/c1-2-3-20-29-35-30-31(27-18-10-11-19-28(27)34-32(30)33)37(29)22-13-12-21-36(23-25-14-6-4-7-15-25)24-26-16-8-5-9-17-26/h10-13,18-19,25-26H,2-9,14-17,20-24H2,1H3,(H2,33,34)/b13-12+. The molecule has 2 saturated carbocycles. The van der Waals surface area contributed by atoms with E-state index in [4.69, 9.17) is 10.7 Å². The van der Waals surface area contributed by atoms with Crippen molar-refractivity contribution >= 4 is 27.8 Å². The number of fused-ring (bicyclic) bond motifs is 3. The number of allylic oxidation sites excluding steroid dienone is 1. The fourth-order valence-corrected chi connectivity index (χ4v) is 6.72. The molecule has 0 amide bonds. The van der Waals surface area contributed by atoms with Gasteiger partial charge in [0.1, 0.15) is 11.3 Å². The van der Waals surface area contributed by atoms with Crippen LogP contribution in [0.4, 0.5) is 5.82 Å². The van der Waals surface area contributed by atoms with Gasteiger partial charge < -0.3 is 10.3 Å². The van der Waals surface area contributed by atoms with Crippen LogP contribution in [0, 0.1) is 11.8 Å². The maximum atomic E-state index is 6.39.